The average molecular weight is 380 g/mol. The van der Waals surface area contributed by atoms with Gasteiger partial charge in [0, 0.05) is 12.1 Å². The number of anilines is 1. The van der Waals surface area contributed by atoms with E-state index in [0.717, 1.165) is 5.52 Å². The van der Waals surface area contributed by atoms with Crippen LogP contribution in [0.4, 0.5) is 5.82 Å². The number of carbonyl (C=O) groups is 1. The van der Waals surface area contributed by atoms with E-state index in [4.69, 9.17) is 21.1 Å². The van der Waals surface area contributed by atoms with E-state index in [-0.39, 0.29) is 11.7 Å². The summed E-state index contributed by atoms with van der Waals surface area (Å²) in [5.74, 6) is 1.30. The molecule has 0 bridgehead atoms. The van der Waals surface area contributed by atoms with Crippen molar-refractivity contribution in [3.63, 3.8) is 0 Å². The van der Waals surface area contributed by atoms with Crippen molar-refractivity contribution in [2.45, 2.75) is 5.16 Å². The highest BCUT2D eigenvalue weighted by Crippen LogP contribution is 2.28. The number of H-pyrrole nitrogens is 1. The smallest absolute Gasteiger partial charge is 0.236 e. The average Bonchev–Trinajstić information content (AvgIpc) is 3.01. The topological polar surface area (TPSA) is 102 Å². The largest absolute Gasteiger partial charge is 0.493 e. The van der Waals surface area contributed by atoms with Crippen LogP contribution in [0.5, 0.6) is 11.5 Å². The Labute approximate surface area is 152 Å². The third-order valence-electron chi connectivity index (χ3n) is 3.19. The fourth-order valence-corrected chi connectivity index (χ4v) is 2.89. The number of ether oxygens (including phenoxy) is 2. The van der Waals surface area contributed by atoms with Crippen LogP contribution in [0.25, 0.3) is 11.0 Å². The minimum atomic E-state index is -0.221. The number of halogens is 1. The lowest BCUT2D eigenvalue weighted by Crippen LogP contribution is -2.15. The van der Waals surface area contributed by atoms with Gasteiger partial charge in [-0.05, 0) is 0 Å². The second kappa shape index (κ2) is 7.58. The van der Waals surface area contributed by atoms with Gasteiger partial charge in [-0.25, -0.2) is 15.0 Å². The molecule has 25 heavy (non-hydrogen) atoms. The van der Waals surface area contributed by atoms with Crippen LogP contribution in [0, 0.1) is 0 Å². The third-order valence-corrected chi connectivity index (χ3v) is 4.27. The zero-order valence-electron chi connectivity index (χ0n) is 13.4. The Hall–Kier alpha value is -2.52. The van der Waals surface area contributed by atoms with Gasteiger partial charge >= 0.3 is 0 Å². The number of nitrogens with one attached hydrogen (secondary N) is 2. The van der Waals surface area contributed by atoms with Gasteiger partial charge in [-0.3, -0.25) is 4.79 Å². The Kier molecular flexibility index (Phi) is 5.25. The zero-order valence-corrected chi connectivity index (χ0v) is 14.9. The van der Waals surface area contributed by atoms with Crippen LogP contribution < -0.4 is 14.8 Å². The van der Waals surface area contributed by atoms with Gasteiger partial charge in [0.05, 0.1) is 37.9 Å². The van der Waals surface area contributed by atoms with Crippen LogP contribution in [0.15, 0.2) is 29.7 Å². The molecule has 1 amide bonds. The Balaban J connectivity index is 1.62. The highest BCUT2D eigenvalue weighted by Gasteiger charge is 2.11. The standard InChI is InChI=1S/C15H14ClN5O3S/c1-23-10-4-13(18-6-11(10)24-2)21-14(22)7-25-15-19-8-3-12(16)17-5-9(8)20-15/h3-6H,7H2,1-2H3,(H,19,20)(H,18,21,22). The second-order valence-electron chi connectivity index (χ2n) is 4.83. The molecule has 3 rings (SSSR count). The van der Waals surface area contributed by atoms with Gasteiger partial charge in [-0.1, -0.05) is 23.4 Å². The zero-order chi connectivity index (χ0) is 17.8. The molecule has 10 heteroatoms. The predicted octanol–water partition coefficient (Wildman–Crippen LogP) is 2.75. The minimum absolute atomic E-state index is 0.164. The Morgan fingerprint density at radius 3 is 2.80 bits per heavy atom. The number of methoxy groups -OCH3 is 2. The number of pyridine rings is 2. The summed E-state index contributed by atoms with van der Waals surface area (Å²) in [6.07, 6.45) is 3.06. The van der Waals surface area contributed by atoms with Crippen molar-refractivity contribution in [2.24, 2.45) is 0 Å². The number of nitrogens with zero attached hydrogens (tertiary/aromatic N) is 3. The first-order valence-electron chi connectivity index (χ1n) is 7.11. The fourth-order valence-electron chi connectivity index (χ4n) is 2.05. The lowest BCUT2D eigenvalue weighted by molar-refractivity contribution is -0.113. The first-order valence-corrected chi connectivity index (χ1v) is 8.47. The summed E-state index contributed by atoms with van der Waals surface area (Å²) in [6, 6.07) is 3.28. The highest BCUT2D eigenvalue weighted by molar-refractivity contribution is 7.99. The number of hydrogen-bond acceptors (Lipinski definition) is 7. The third kappa shape index (κ3) is 4.12. The number of hydrogen-bond donors (Lipinski definition) is 2. The second-order valence-corrected chi connectivity index (χ2v) is 6.18. The first-order chi connectivity index (χ1) is 12.1. The Morgan fingerprint density at radius 2 is 2.04 bits per heavy atom. The summed E-state index contributed by atoms with van der Waals surface area (Å²) >= 11 is 7.10. The van der Waals surface area contributed by atoms with E-state index in [2.05, 4.69) is 25.3 Å². The van der Waals surface area contributed by atoms with Gasteiger partial charge < -0.3 is 19.8 Å². The summed E-state index contributed by atoms with van der Waals surface area (Å²) in [5, 5.41) is 3.69. The molecule has 0 unspecified atom stereocenters. The SMILES string of the molecule is COc1cnc(NC(=O)CSc2nc3cnc(Cl)cc3[nH]2)cc1OC. The molecule has 0 saturated heterocycles. The van der Waals surface area contributed by atoms with Crippen molar-refractivity contribution in [3.05, 3.63) is 29.7 Å². The van der Waals surface area contributed by atoms with Crippen LogP contribution in [-0.2, 0) is 4.79 Å². The van der Waals surface area contributed by atoms with E-state index in [1.165, 1.54) is 32.2 Å². The lowest BCUT2D eigenvalue weighted by atomic mass is 10.4. The Morgan fingerprint density at radius 1 is 1.24 bits per heavy atom. The molecule has 0 atom stereocenters. The van der Waals surface area contributed by atoms with Crippen molar-refractivity contribution in [3.8, 4) is 11.5 Å². The van der Waals surface area contributed by atoms with Crippen molar-refractivity contribution in [2.75, 3.05) is 25.3 Å². The summed E-state index contributed by atoms with van der Waals surface area (Å²) in [4.78, 5) is 27.6. The first kappa shape index (κ1) is 17.3. The quantitative estimate of drug-likeness (QED) is 0.501. The number of carbonyl (C=O) groups excluding carboxylic acids is 1. The monoisotopic (exact) mass is 379 g/mol. The number of aromatic amines is 1. The van der Waals surface area contributed by atoms with Crippen molar-refractivity contribution in [1.82, 2.24) is 19.9 Å². The molecule has 3 aromatic heterocycles. The molecule has 130 valence electrons. The van der Waals surface area contributed by atoms with E-state index < -0.39 is 0 Å². The number of thioether (sulfide) groups is 1. The van der Waals surface area contributed by atoms with Crippen LogP contribution >= 0.6 is 23.4 Å². The molecular formula is C15H14ClN5O3S. The van der Waals surface area contributed by atoms with Crippen molar-refractivity contribution >= 4 is 46.1 Å². The van der Waals surface area contributed by atoms with Crippen LogP contribution in [0.1, 0.15) is 0 Å². The van der Waals surface area contributed by atoms with Crippen molar-refractivity contribution < 1.29 is 14.3 Å². The molecule has 0 aliphatic rings. The number of imidazole rings is 1. The summed E-state index contributed by atoms with van der Waals surface area (Å²) in [5.41, 5.74) is 1.46. The molecule has 0 radical (unpaired) electrons. The highest BCUT2D eigenvalue weighted by atomic mass is 35.5. The molecule has 0 fully saturated rings. The van der Waals surface area contributed by atoms with Crippen LogP contribution in [0.2, 0.25) is 5.15 Å². The summed E-state index contributed by atoms with van der Waals surface area (Å²) in [6.45, 7) is 0. The lowest BCUT2D eigenvalue weighted by Gasteiger charge is -2.09. The van der Waals surface area contributed by atoms with Crippen LogP contribution in [-0.4, -0.2) is 45.8 Å². The number of fused-ring (bicyclic) bond motifs is 1. The van der Waals surface area contributed by atoms with Crippen LogP contribution in [0.3, 0.4) is 0 Å². The molecule has 0 saturated carbocycles. The molecule has 0 aliphatic carbocycles. The van der Waals surface area contributed by atoms with E-state index in [0.29, 0.717) is 33.1 Å². The fraction of sp³-hybridized carbons (Fsp3) is 0.200. The van der Waals surface area contributed by atoms with Gasteiger partial charge in [-0.15, -0.1) is 0 Å². The molecule has 0 spiro atoms. The van der Waals surface area contributed by atoms with E-state index in [1.807, 2.05) is 0 Å². The minimum Gasteiger partial charge on any atom is -0.493 e. The van der Waals surface area contributed by atoms with Gasteiger partial charge in [0.2, 0.25) is 5.91 Å². The molecule has 3 aromatic rings. The van der Waals surface area contributed by atoms with Gasteiger partial charge in [-0.2, -0.15) is 0 Å². The number of aromatic nitrogens is 4. The normalized spacial score (nSPS) is 10.7. The molecule has 0 aromatic carbocycles. The van der Waals surface area contributed by atoms with E-state index in [1.54, 1.807) is 18.3 Å². The van der Waals surface area contributed by atoms with Gasteiger partial charge in [0.15, 0.2) is 16.7 Å². The van der Waals surface area contributed by atoms with Crippen molar-refractivity contribution in [1.29, 1.82) is 0 Å². The maximum absolute atomic E-state index is 12.1. The molecular weight excluding hydrogens is 366 g/mol. The predicted molar refractivity (Wildman–Crippen MR) is 95.6 cm³/mol. The molecule has 0 aliphatic heterocycles. The maximum Gasteiger partial charge on any atom is 0.236 e. The molecule has 3 heterocycles. The summed E-state index contributed by atoms with van der Waals surface area (Å²) < 4.78 is 10.3. The number of rotatable bonds is 6. The molecule has 8 nitrogen and oxygen atoms in total. The Bertz CT molecular complexity index is 917. The van der Waals surface area contributed by atoms with E-state index >= 15 is 0 Å². The van der Waals surface area contributed by atoms with Gasteiger partial charge in [0.1, 0.15) is 16.5 Å². The maximum atomic E-state index is 12.1. The van der Waals surface area contributed by atoms with Gasteiger partial charge in [0.25, 0.3) is 0 Å². The number of amides is 1. The molecule has 2 N–H and O–H groups in total. The summed E-state index contributed by atoms with van der Waals surface area (Å²) in [7, 11) is 3.03. The van der Waals surface area contributed by atoms with E-state index in [9.17, 15) is 4.79 Å².